The minimum absolute atomic E-state index is 0.00115. The van der Waals surface area contributed by atoms with Crippen LogP contribution in [0.1, 0.15) is 37.5 Å². The predicted molar refractivity (Wildman–Crippen MR) is 107 cm³/mol. The largest absolute Gasteiger partial charge is 0.506 e. The van der Waals surface area contributed by atoms with Crippen LogP contribution in [0, 0.1) is 11.3 Å². The molecule has 154 valence electrons. The summed E-state index contributed by atoms with van der Waals surface area (Å²) in [6.07, 6.45) is -3.48. The molecule has 0 atom stereocenters. The third-order valence-corrected chi connectivity index (χ3v) is 6.37. The van der Waals surface area contributed by atoms with E-state index in [1.165, 1.54) is 6.07 Å². The van der Waals surface area contributed by atoms with Gasteiger partial charge in [0.05, 0.1) is 14.9 Å². The standard InChI is InChI=1S/C20H17BrF3NO3S/c1-19(2,3)16-9-12(10-17(21)18(16)26)8-15(11-25)29(27,28)14-6-4-13(5-7-14)20(22,23)24/h4-10,26H,1-3H3/b15-8+. The summed E-state index contributed by atoms with van der Waals surface area (Å²) in [5, 5.41) is 19.6. The van der Waals surface area contributed by atoms with Crippen LogP contribution in [0.15, 0.2) is 50.7 Å². The van der Waals surface area contributed by atoms with Crippen molar-refractivity contribution in [1.82, 2.24) is 0 Å². The molecule has 29 heavy (non-hydrogen) atoms. The van der Waals surface area contributed by atoms with E-state index in [0.717, 1.165) is 18.2 Å². The SMILES string of the molecule is CC(C)(C)c1cc(/C=C(\C#N)S(=O)(=O)c2ccc(C(F)(F)F)cc2)cc(Br)c1O. The number of hydrogen-bond donors (Lipinski definition) is 1. The molecule has 9 heteroatoms. The monoisotopic (exact) mass is 487 g/mol. The van der Waals surface area contributed by atoms with Gasteiger partial charge in [0.1, 0.15) is 16.7 Å². The van der Waals surface area contributed by atoms with Gasteiger partial charge in [-0.25, -0.2) is 8.42 Å². The number of alkyl halides is 3. The number of allylic oxidation sites excluding steroid dienone is 1. The summed E-state index contributed by atoms with van der Waals surface area (Å²) in [6, 6.07) is 7.53. The smallest absolute Gasteiger partial charge is 0.416 e. The Labute approximate surface area is 175 Å². The molecule has 4 nitrogen and oxygen atoms in total. The Morgan fingerprint density at radius 2 is 1.69 bits per heavy atom. The number of nitrogens with zero attached hydrogens (tertiary/aromatic N) is 1. The normalized spacial score (nSPS) is 13.2. The molecule has 0 aliphatic heterocycles. The van der Waals surface area contributed by atoms with Gasteiger partial charge >= 0.3 is 6.18 Å². The first-order chi connectivity index (χ1) is 13.2. The van der Waals surface area contributed by atoms with Crippen LogP contribution in [0.25, 0.3) is 6.08 Å². The molecule has 0 spiro atoms. The number of phenolic OH excluding ortho intramolecular Hbond substituents is 1. The lowest BCUT2D eigenvalue weighted by Gasteiger charge is -2.21. The van der Waals surface area contributed by atoms with Crippen molar-refractivity contribution in [2.24, 2.45) is 0 Å². The summed E-state index contributed by atoms with van der Waals surface area (Å²) in [5.41, 5.74) is -0.583. The number of hydrogen-bond acceptors (Lipinski definition) is 4. The quantitative estimate of drug-likeness (QED) is 0.554. The van der Waals surface area contributed by atoms with Crippen LogP contribution in [-0.2, 0) is 21.4 Å². The molecule has 0 saturated carbocycles. The summed E-state index contributed by atoms with van der Waals surface area (Å²) < 4.78 is 63.9. The highest BCUT2D eigenvalue weighted by Crippen LogP contribution is 2.38. The number of aromatic hydroxyl groups is 1. The van der Waals surface area contributed by atoms with Crippen LogP contribution >= 0.6 is 15.9 Å². The zero-order chi connectivity index (χ0) is 22.2. The van der Waals surface area contributed by atoms with E-state index in [4.69, 9.17) is 0 Å². The molecule has 0 unspecified atom stereocenters. The van der Waals surface area contributed by atoms with Gasteiger partial charge in [0, 0.05) is 5.56 Å². The number of rotatable bonds is 3. The topological polar surface area (TPSA) is 78.2 Å². The van der Waals surface area contributed by atoms with Crippen LogP contribution in [0.5, 0.6) is 5.75 Å². The molecule has 2 rings (SSSR count). The average molecular weight is 488 g/mol. The van der Waals surface area contributed by atoms with Crippen LogP contribution < -0.4 is 0 Å². The van der Waals surface area contributed by atoms with E-state index in [1.54, 1.807) is 12.1 Å². The molecule has 0 aliphatic rings. The number of benzene rings is 2. The van der Waals surface area contributed by atoms with E-state index < -0.39 is 36.8 Å². The third-order valence-electron chi connectivity index (χ3n) is 4.08. The predicted octanol–water partition coefficient (Wildman–Crippen LogP) is 5.81. The molecule has 0 fully saturated rings. The van der Waals surface area contributed by atoms with Gasteiger partial charge in [0.15, 0.2) is 0 Å². The van der Waals surface area contributed by atoms with E-state index in [-0.39, 0.29) is 5.75 Å². The van der Waals surface area contributed by atoms with Gasteiger partial charge in [-0.15, -0.1) is 0 Å². The molecule has 0 radical (unpaired) electrons. The molecule has 0 bridgehead atoms. The van der Waals surface area contributed by atoms with Gasteiger partial charge in [0.2, 0.25) is 9.84 Å². The van der Waals surface area contributed by atoms with Crippen molar-refractivity contribution in [3.05, 3.63) is 62.5 Å². The Morgan fingerprint density at radius 1 is 1.14 bits per heavy atom. The summed E-state index contributed by atoms with van der Waals surface area (Å²) in [4.78, 5) is -1.05. The summed E-state index contributed by atoms with van der Waals surface area (Å²) >= 11 is 3.20. The molecule has 0 aromatic heterocycles. The fraction of sp³-hybridized carbons (Fsp3) is 0.250. The molecular formula is C20H17BrF3NO3S. The number of sulfone groups is 1. The van der Waals surface area contributed by atoms with Gasteiger partial charge in [-0.2, -0.15) is 18.4 Å². The second kappa shape index (κ2) is 7.84. The molecule has 0 saturated heterocycles. The van der Waals surface area contributed by atoms with Gasteiger partial charge in [-0.1, -0.05) is 20.8 Å². The van der Waals surface area contributed by atoms with Crippen LogP contribution in [0.2, 0.25) is 0 Å². The van der Waals surface area contributed by atoms with Crippen molar-refractivity contribution < 1.29 is 26.7 Å². The Morgan fingerprint density at radius 3 is 2.14 bits per heavy atom. The van der Waals surface area contributed by atoms with Gasteiger partial charge in [-0.3, -0.25) is 0 Å². The molecule has 0 amide bonds. The molecule has 1 N–H and O–H groups in total. The van der Waals surface area contributed by atoms with Crippen molar-refractivity contribution in [2.75, 3.05) is 0 Å². The van der Waals surface area contributed by atoms with E-state index in [9.17, 15) is 32.0 Å². The van der Waals surface area contributed by atoms with Crippen LogP contribution in [-0.4, -0.2) is 13.5 Å². The highest BCUT2D eigenvalue weighted by Gasteiger charge is 2.31. The summed E-state index contributed by atoms with van der Waals surface area (Å²) in [6.45, 7) is 5.56. The Bertz CT molecular complexity index is 1110. The van der Waals surface area contributed by atoms with Crippen molar-refractivity contribution in [2.45, 2.75) is 37.3 Å². The second-order valence-electron chi connectivity index (χ2n) is 7.29. The maximum atomic E-state index is 12.7. The molecular weight excluding hydrogens is 471 g/mol. The first-order valence-corrected chi connectivity index (χ1v) is 10.5. The zero-order valence-electron chi connectivity index (χ0n) is 15.7. The third kappa shape index (κ3) is 5.00. The first-order valence-electron chi connectivity index (χ1n) is 8.25. The zero-order valence-corrected chi connectivity index (χ0v) is 18.1. The van der Waals surface area contributed by atoms with E-state index in [2.05, 4.69) is 15.9 Å². The Balaban J connectivity index is 2.57. The van der Waals surface area contributed by atoms with E-state index in [0.29, 0.717) is 27.7 Å². The van der Waals surface area contributed by atoms with Gasteiger partial charge in [0.25, 0.3) is 0 Å². The second-order valence-corrected chi connectivity index (χ2v) is 10.1. The first kappa shape index (κ1) is 23.0. The van der Waals surface area contributed by atoms with Crippen molar-refractivity contribution >= 4 is 31.8 Å². The minimum atomic E-state index is -4.60. The summed E-state index contributed by atoms with van der Waals surface area (Å²) in [7, 11) is -4.33. The fourth-order valence-corrected chi connectivity index (χ4v) is 4.18. The number of phenols is 1. The van der Waals surface area contributed by atoms with Crippen molar-refractivity contribution in [1.29, 1.82) is 5.26 Å². The molecule has 2 aromatic rings. The summed E-state index contributed by atoms with van der Waals surface area (Å²) in [5.74, 6) is -0.00115. The maximum absolute atomic E-state index is 12.7. The molecule has 0 aliphatic carbocycles. The van der Waals surface area contributed by atoms with Crippen molar-refractivity contribution in [3.63, 3.8) is 0 Å². The highest BCUT2D eigenvalue weighted by molar-refractivity contribution is 9.10. The number of halogens is 4. The van der Waals surface area contributed by atoms with Crippen molar-refractivity contribution in [3.8, 4) is 11.8 Å². The van der Waals surface area contributed by atoms with E-state index >= 15 is 0 Å². The lowest BCUT2D eigenvalue weighted by Crippen LogP contribution is -2.12. The van der Waals surface area contributed by atoms with E-state index in [1.807, 2.05) is 20.8 Å². The fourth-order valence-electron chi connectivity index (χ4n) is 2.55. The maximum Gasteiger partial charge on any atom is 0.416 e. The lowest BCUT2D eigenvalue weighted by molar-refractivity contribution is -0.137. The Kier molecular flexibility index (Phi) is 6.21. The molecule has 2 aromatic carbocycles. The van der Waals surface area contributed by atoms with Crippen LogP contribution in [0.4, 0.5) is 13.2 Å². The lowest BCUT2D eigenvalue weighted by atomic mass is 9.85. The highest BCUT2D eigenvalue weighted by atomic mass is 79.9. The van der Waals surface area contributed by atoms with Crippen LogP contribution in [0.3, 0.4) is 0 Å². The molecule has 0 heterocycles. The number of nitriles is 1. The van der Waals surface area contributed by atoms with Gasteiger partial charge < -0.3 is 5.11 Å². The van der Waals surface area contributed by atoms with Gasteiger partial charge in [-0.05, 0) is 69.4 Å². The Hall–Kier alpha value is -2.31. The average Bonchev–Trinajstić information content (AvgIpc) is 2.60. The minimum Gasteiger partial charge on any atom is -0.506 e.